The van der Waals surface area contributed by atoms with Crippen LogP contribution in [0.1, 0.15) is 34.0 Å². The number of ketones is 1. The van der Waals surface area contributed by atoms with Gasteiger partial charge in [-0.1, -0.05) is 78.7 Å². The van der Waals surface area contributed by atoms with Gasteiger partial charge in [-0.05, 0) is 30.7 Å². The minimum absolute atomic E-state index is 0.294. The largest absolute Gasteiger partial charge is 0.375 e. The first-order chi connectivity index (χ1) is 14.3. The van der Waals surface area contributed by atoms with Crippen molar-refractivity contribution in [1.29, 1.82) is 0 Å². The van der Waals surface area contributed by atoms with Crippen molar-refractivity contribution in [3.05, 3.63) is 100 Å². The number of fused-ring (bicyclic) bond motifs is 1. The molecule has 2 atom stereocenters. The molecule has 4 rings (SSSR count). The summed E-state index contributed by atoms with van der Waals surface area (Å²) < 4.78 is 0. The smallest absolute Gasteiger partial charge is 0.264 e. The summed E-state index contributed by atoms with van der Waals surface area (Å²) in [5.74, 6) is -1.79. The maximum absolute atomic E-state index is 13.5. The number of carbonyl (C=O) groups is 2. The maximum Gasteiger partial charge on any atom is 0.264 e. The Kier molecular flexibility index (Phi) is 5.22. The number of anilines is 1. The molecular weight excluding hydrogens is 398 g/mol. The molecule has 0 aromatic heterocycles. The highest BCUT2D eigenvalue weighted by Gasteiger charge is 2.55. The number of aryl methyl sites for hydroxylation is 1. The molecule has 152 valence electrons. The van der Waals surface area contributed by atoms with Crippen molar-refractivity contribution in [3.63, 3.8) is 0 Å². The lowest BCUT2D eigenvalue weighted by Gasteiger charge is -2.28. The monoisotopic (exact) mass is 419 g/mol. The van der Waals surface area contributed by atoms with Crippen molar-refractivity contribution in [2.75, 3.05) is 4.90 Å². The lowest BCUT2D eigenvalue weighted by atomic mass is 9.79. The van der Waals surface area contributed by atoms with Crippen LogP contribution in [0.15, 0.2) is 72.8 Å². The summed E-state index contributed by atoms with van der Waals surface area (Å²) in [5.41, 5.74) is 1.45. The van der Waals surface area contributed by atoms with Crippen LogP contribution < -0.4 is 4.90 Å². The van der Waals surface area contributed by atoms with Crippen LogP contribution in [0.5, 0.6) is 0 Å². The van der Waals surface area contributed by atoms with Gasteiger partial charge < -0.3 is 10.0 Å². The zero-order chi connectivity index (χ0) is 21.5. The molecule has 0 aliphatic carbocycles. The van der Waals surface area contributed by atoms with E-state index in [4.69, 9.17) is 11.6 Å². The maximum atomic E-state index is 13.5. The average molecular weight is 420 g/mol. The number of rotatable bonds is 5. The van der Waals surface area contributed by atoms with Crippen LogP contribution in [0.3, 0.4) is 0 Å². The summed E-state index contributed by atoms with van der Waals surface area (Å²) in [6.07, 6.45) is 0. The molecule has 1 amide bonds. The topological polar surface area (TPSA) is 57.6 Å². The molecule has 30 heavy (non-hydrogen) atoms. The second-order valence-corrected chi connectivity index (χ2v) is 8.19. The molecule has 3 aromatic rings. The lowest BCUT2D eigenvalue weighted by Crippen LogP contribution is -2.47. The second-order valence-electron chi connectivity index (χ2n) is 7.76. The lowest BCUT2D eigenvalue weighted by molar-refractivity contribution is -0.139. The number of amides is 1. The summed E-state index contributed by atoms with van der Waals surface area (Å²) in [6.45, 7) is 3.88. The molecule has 1 aliphatic heterocycles. The molecule has 1 N–H and O–H groups in total. The van der Waals surface area contributed by atoms with Gasteiger partial charge in [0.05, 0.1) is 18.2 Å². The molecule has 1 aliphatic rings. The Morgan fingerprint density at radius 1 is 1.07 bits per heavy atom. The number of hydrogen-bond acceptors (Lipinski definition) is 3. The molecule has 0 fully saturated rings. The summed E-state index contributed by atoms with van der Waals surface area (Å²) in [5, 5.41) is 12.1. The first-order valence-electron chi connectivity index (χ1n) is 9.81. The Bertz CT molecular complexity index is 1110. The number of hydrogen-bond donors (Lipinski definition) is 1. The molecule has 4 nitrogen and oxygen atoms in total. The van der Waals surface area contributed by atoms with E-state index in [9.17, 15) is 14.7 Å². The van der Waals surface area contributed by atoms with Gasteiger partial charge in [0.25, 0.3) is 5.91 Å². The second kappa shape index (κ2) is 7.71. The zero-order valence-corrected chi connectivity index (χ0v) is 17.6. The van der Waals surface area contributed by atoms with Gasteiger partial charge in [-0.2, -0.15) is 0 Å². The normalized spacial score (nSPS) is 18.9. The van der Waals surface area contributed by atoms with E-state index in [0.29, 0.717) is 28.4 Å². The number of Topliss-reactive ketones (excluding diaryl/α,β-unsaturated/α-hetero) is 1. The van der Waals surface area contributed by atoms with E-state index < -0.39 is 17.4 Å². The van der Waals surface area contributed by atoms with E-state index in [0.717, 1.165) is 11.1 Å². The molecule has 3 aromatic carbocycles. The third-order valence-corrected chi connectivity index (χ3v) is 6.01. The van der Waals surface area contributed by atoms with E-state index in [-0.39, 0.29) is 5.78 Å². The highest BCUT2D eigenvalue weighted by Crippen LogP contribution is 2.47. The molecule has 5 heteroatoms. The summed E-state index contributed by atoms with van der Waals surface area (Å²) in [6, 6.07) is 21.6. The first kappa shape index (κ1) is 20.3. The van der Waals surface area contributed by atoms with Gasteiger partial charge >= 0.3 is 0 Å². The van der Waals surface area contributed by atoms with Gasteiger partial charge in [-0.15, -0.1) is 0 Å². The van der Waals surface area contributed by atoms with Gasteiger partial charge in [0.2, 0.25) is 0 Å². The Balaban J connectivity index is 1.76. The molecular formula is C25H22ClNO3. The molecule has 0 radical (unpaired) electrons. The Hall–Kier alpha value is -2.95. The van der Waals surface area contributed by atoms with Crippen LogP contribution in [-0.2, 0) is 16.9 Å². The summed E-state index contributed by atoms with van der Waals surface area (Å²) in [7, 11) is 0. The van der Waals surface area contributed by atoms with E-state index in [1.165, 1.54) is 4.90 Å². The van der Waals surface area contributed by atoms with E-state index >= 15 is 0 Å². The fourth-order valence-electron chi connectivity index (χ4n) is 3.97. The minimum atomic E-state index is -1.99. The first-order valence-corrected chi connectivity index (χ1v) is 10.2. The fraction of sp³-hybridized carbons (Fsp3) is 0.200. The number of nitrogens with zero attached hydrogens (tertiary/aromatic N) is 1. The number of halogens is 1. The van der Waals surface area contributed by atoms with Crippen molar-refractivity contribution in [2.24, 2.45) is 5.92 Å². The van der Waals surface area contributed by atoms with Gasteiger partial charge in [-0.3, -0.25) is 9.59 Å². The van der Waals surface area contributed by atoms with Crippen molar-refractivity contribution in [1.82, 2.24) is 0 Å². The summed E-state index contributed by atoms with van der Waals surface area (Å²) >= 11 is 6.20. The van der Waals surface area contributed by atoms with E-state index in [1.54, 1.807) is 49.4 Å². The predicted molar refractivity (Wildman–Crippen MR) is 118 cm³/mol. The molecule has 0 saturated carbocycles. The van der Waals surface area contributed by atoms with Crippen molar-refractivity contribution in [3.8, 4) is 0 Å². The predicted octanol–water partition coefficient (Wildman–Crippen LogP) is 4.90. The van der Waals surface area contributed by atoms with Crippen LogP contribution >= 0.6 is 11.6 Å². The number of benzene rings is 3. The Morgan fingerprint density at radius 2 is 1.73 bits per heavy atom. The third-order valence-electron chi connectivity index (χ3n) is 5.77. The number of carbonyl (C=O) groups excluding carboxylic acids is 2. The zero-order valence-electron chi connectivity index (χ0n) is 16.8. The summed E-state index contributed by atoms with van der Waals surface area (Å²) in [4.78, 5) is 28.2. The molecule has 0 unspecified atom stereocenters. The average Bonchev–Trinajstić information content (AvgIpc) is 2.97. The quantitative estimate of drug-likeness (QED) is 0.598. The van der Waals surface area contributed by atoms with Crippen LogP contribution in [-0.4, -0.2) is 16.8 Å². The molecule has 0 bridgehead atoms. The SMILES string of the molecule is Cc1ccc(CN2C(=O)[C@@](O)([C@H](C)C(=O)c3ccccc3)c3cc(Cl)ccc32)cc1. The van der Waals surface area contributed by atoms with Crippen molar-refractivity contribution >= 4 is 29.0 Å². The van der Waals surface area contributed by atoms with Crippen LogP contribution in [0, 0.1) is 12.8 Å². The third kappa shape index (κ3) is 3.32. The highest BCUT2D eigenvalue weighted by atomic mass is 35.5. The van der Waals surface area contributed by atoms with E-state index in [2.05, 4.69) is 0 Å². The van der Waals surface area contributed by atoms with Crippen molar-refractivity contribution < 1.29 is 14.7 Å². The Morgan fingerprint density at radius 3 is 2.40 bits per heavy atom. The van der Waals surface area contributed by atoms with Gasteiger partial charge in [0.15, 0.2) is 11.4 Å². The van der Waals surface area contributed by atoms with Crippen LogP contribution in [0.2, 0.25) is 5.02 Å². The standard InChI is InChI=1S/C25H22ClNO3/c1-16-8-10-18(11-9-16)15-27-22-13-12-20(26)14-21(22)25(30,24(27)29)17(2)23(28)19-6-4-3-5-7-19/h3-14,17,30H,15H2,1-2H3/t17-,25-/m1/s1. The molecule has 0 spiro atoms. The minimum Gasteiger partial charge on any atom is -0.375 e. The van der Waals surface area contributed by atoms with Gasteiger partial charge in [0, 0.05) is 16.1 Å². The van der Waals surface area contributed by atoms with Gasteiger partial charge in [0.1, 0.15) is 0 Å². The van der Waals surface area contributed by atoms with Crippen molar-refractivity contribution in [2.45, 2.75) is 26.0 Å². The molecule has 0 saturated heterocycles. The molecule has 1 heterocycles. The highest BCUT2D eigenvalue weighted by molar-refractivity contribution is 6.31. The van der Waals surface area contributed by atoms with Crippen LogP contribution in [0.4, 0.5) is 5.69 Å². The van der Waals surface area contributed by atoms with E-state index in [1.807, 2.05) is 37.3 Å². The van der Waals surface area contributed by atoms with Crippen LogP contribution in [0.25, 0.3) is 0 Å². The number of aliphatic hydroxyl groups is 1. The van der Waals surface area contributed by atoms with Gasteiger partial charge in [-0.25, -0.2) is 0 Å². The Labute approximate surface area is 180 Å². The fourth-order valence-corrected chi connectivity index (χ4v) is 4.15.